The van der Waals surface area contributed by atoms with Gasteiger partial charge in [-0.2, -0.15) is 0 Å². The van der Waals surface area contributed by atoms with Crippen molar-refractivity contribution in [2.45, 2.75) is 18.5 Å². The standard InChI is InChI=1S/C19H22N2/c1-3-7-14(8-4-1)18-16-11-17(13-20-18)19(21-12-16)15-9-5-2-6-10-15/h1-10,16-21H,11-13H2. The quantitative estimate of drug-likeness (QED) is 0.881. The van der Waals surface area contributed by atoms with E-state index in [4.69, 9.17) is 0 Å². The summed E-state index contributed by atoms with van der Waals surface area (Å²) in [5, 5.41) is 7.59. The van der Waals surface area contributed by atoms with Crippen LogP contribution in [-0.4, -0.2) is 13.1 Å². The summed E-state index contributed by atoms with van der Waals surface area (Å²) in [4.78, 5) is 0. The molecular formula is C19H22N2. The van der Waals surface area contributed by atoms with E-state index in [9.17, 15) is 0 Å². The van der Waals surface area contributed by atoms with E-state index in [0.717, 1.165) is 13.1 Å². The Kier molecular flexibility index (Phi) is 3.50. The third-order valence-corrected chi connectivity index (χ3v) is 5.07. The molecule has 2 aromatic carbocycles. The van der Waals surface area contributed by atoms with E-state index in [2.05, 4.69) is 71.3 Å². The fraction of sp³-hybridized carbons (Fsp3) is 0.368. The van der Waals surface area contributed by atoms with Gasteiger partial charge in [-0.3, -0.25) is 0 Å². The lowest BCUT2D eigenvalue weighted by Crippen LogP contribution is -2.52. The summed E-state index contributed by atoms with van der Waals surface area (Å²) in [6.45, 7) is 2.20. The van der Waals surface area contributed by atoms with Gasteiger partial charge in [0.2, 0.25) is 0 Å². The Bertz CT molecular complexity index is 528. The highest BCUT2D eigenvalue weighted by Crippen LogP contribution is 2.40. The topological polar surface area (TPSA) is 24.1 Å². The highest BCUT2D eigenvalue weighted by molar-refractivity contribution is 5.24. The van der Waals surface area contributed by atoms with Crippen LogP contribution >= 0.6 is 0 Å². The Hall–Kier alpha value is -1.64. The molecule has 2 aromatic rings. The fourth-order valence-corrected chi connectivity index (χ4v) is 4.05. The van der Waals surface area contributed by atoms with Crippen LogP contribution in [0.3, 0.4) is 0 Å². The first-order valence-electron chi connectivity index (χ1n) is 7.98. The Morgan fingerprint density at radius 3 is 1.48 bits per heavy atom. The summed E-state index contributed by atoms with van der Waals surface area (Å²) in [7, 11) is 0. The van der Waals surface area contributed by atoms with Crippen molar-refractivity contribution in [3.63, 3.8) is 0 Å². The molecule has 2 bridgehead atoms. The molecule has 4 unspecified atom stereocenters. The average molecular weight is 278 g/mol. The zero-order valence-corrected chi connectivity index (χ0v) is 12.2. The molecule has 0 amide bonds. The molecule has 108 valence electrons. The number of hydrogen-bond acceptors (Lipinski definition) is 2. The third-order valence-electron chi connectivity index (χ3n) is 5.07. The van der Waals surface area contributed by atoms with Crippen molar-refractivity contribution in [3.05, 3.63) is 71.8 Å². The maximum atomic E-state index is 3.80. The van der Waals surface area contributed by atoms with E-state index in [1.54, 1.807) is 0 Å². The molecule has 2 heteroatoms. The third kappa shape index (κ3) is 2.50. The van der Waals surface area contributed by atoms with Crippen LogP contribution in [0.15, 0.2) is 60.7 Å². The summed E-state index contributed by atoms with van der Waals surface area (Å²) in [6, 6.07) is 22.8. The monoisotopic (exact) mass is 278 g/mol. The van der Waals surface area contributed by atoms with E-state index in [1.807, 2.05) is 0 Å². The number of benzene rings is 2. The van der Waals surface area contributed by atoms with Crippen molar-refractivity contribution in [3.8, 4) is 0 Å². The molecule has 0 radical (unpaired) electrons. The van der Waals surface area contributed by atoms with Gasteiger partial charge >= 0.3 is 0 Å². The van der Waals surface area contributed by atoms with Gasteiger partial charge in [-0.15, -0.1) is 0 Å². The summed E-state index contributed by atoms with van der Waals surface area (Å²) in [6.07, 6.45) is 1.32. The van der Waals surface area contributed by atoms with Crippen molar-refractivity contribution >= 4 is 0 Å². The molecule has 2 aliphatic heterocycles. The lowest BCUT2D eigenvalue weighted by atomic mass is 9.74. The van der Waals surface area contributed by atoms with Crippen molar-refractivity contribution < 1.29 is 0 Å². The van der Waals surface area contributed by atoms with Crippen LogP contribution in [0.1, 0.15) is 29.6 Å². The van der Waals surface area contributed by atoms with Gasteiger partial charge in [-0.05, 0) is 29.4 Å². The first-order chi connectivity index (χ1) is 10.4. The van der Waals surface area contributed by atoms with Gasteiger partial charge in [-0.25, -0.2) is 0 Å². The number of fused-ring (bicyclic) bond motifs is 2. The Balaban J connectivity index is 1.52. The SMILES string of the molecule is c1ccc(C2NCC3CC2CNC3c2ccccc2)cc1. The van der Waals surface area contributed by atoms with Crippen molar-refractivity contribution in [2.75, 3.05) is 13.1 Å². The van der Waals surface area contributed by atoms with Gasteiger partial charge in [0.25, 0.3) is 0 Å². The zero-order valence-electron chi connectivity index (χ0n) is 12.2. The Morgan fingerprint density at radius 1 is 0.619 bits per heavy atom. The van der Waals surface area contributed by atoms with E-state index < -0.39 is 0 Å². The van der Waals surface area contributed by atoms with E-state index in [0.29, 0.717) is 23.9 Å². The molecule has 2 aliphatic rings. The van der Waals surface area contributed by atoms with Gasteiger partial charge in [0, 0.05) is 25.2 Å². The van der Waals surface area contributed by atoms with Crippen LogP contribution in [0.5, 0.6) is 0 Å². The van der Waals surface area contributed by atoms with Gasteiger partial charge in [-0.1, -0.05) is 60.7 Å². The number of piperidine rings is 2. The summed E-state index contributed by atoms with van der Waals surface area (Å²) in [5.41, 5.74) is 2.86. The second-order valence-electron chi connectivity index (χ2n) is 6.35. The van der Waals surface area contributed by atoms with Crippen molar-refractivity contribution in [1.29, 1.82) is 0 Å². The van der Waals surface area contributed by atoms with Crippen LogP contribution in [-0.2, 0) is 0 Å². The predicted octanol–water partition coefficient (Wildman–Crippen LogP) is 3.30. The first kappa shape index (κ1) is 13.1. The average Bonchev–Trinajstić information content (AvgIpc) is 2.57. The molecule has 0 saturated carbocycles. The molecule has 4 atom stereocenters. The number of rotatable bonds is 2. The second kappa shape index (κ2) is 5.63. The molecule has 4 rings (SSSR count). The largest absolute Gasteiger partial charge is 0.309 e. The maximum Gasteiger partial charge on any atom is 0.0361 e. The summed E-state index contributed by atoms with van der Waals surface area (Å²) < 4.78 is 0. The first-order valence-corrected chi connectivity index (χ1v) is 7.98. The van der Waals surface area contributed by atoms with Crippen LogP contribution < -0.4 is 10.6 Å². The highest BCUT2D eigenvalue weighted by atomic mass is 15.0. The van der Waals surface area contributed by atoms with Crippen LogP contribution in [0.2, 0.25) is 0 Å². The predicted molar refractivity (Wildman–Crippen MR) is 86.0 cm³/mol. The van der Waals surface area contributed by atoms with E-state index in [1.165, 1.54) is 17.5 Å². The Labute approximate surface area is 126 Å². The van der Waals surface area contributed by atoms with Crippen LogP contribution in [0.4, 0.5) is 0 Å². The second-order valence-corrected chi connectivity index (χ2v) is 6.35. The van der Waals surface area contributed by atoms with Gasteiger partial charge in [0.1, 0.15) is 0 Å². The molecule has 2 fully saturated rings. The molecular weight excluding hydrogens is 256 g/mol. The lowest BCUT2D eigenvalue weighted by molar-refractivity contribution is 0.128. The van der Waals surface area contributed by atoms with E-state index in [-0.39, 0.29) is 0 Å². The van der Waals surface area contributed by atoms with Crippen molar-refractivity contribution in [1.82, 2.24) is 10.6 Å². The lowest BCUT2D eigenvalue weighted by Gasteiger charge is -2.46. The van der Waals surface area contributed by atoms with Gasteiger partial charge in [0.15, 0.2) is 0 Å². The van der Waals surface area contributed by atoms with E-state index >= 15 is 0 Å². The summed E-state index contributed by atoms with van der Waals surface area (Å²) >= 11 is 0. The molecule has 2 saturated heterocycles. The normalized spacial score (nSPS) is 31.8. The molecule has 2 nitrogen and oxygen atoms in total. The smallest absolute Gasteiger partial charge is 0.0361 e. The highest BCUT2D eigenvalue weighted by Gasteiger charge is 2.39. The summed E-state index contributed by atoms with van der Waals surface area (Å²) in [5.74, 6) is 1.40. The molecule has 0 spiro atoms. The van der Waals surface area contributed by atoms with Crippen molar-refractivity contribution in [2.24, 2.45) is 11.8 Å². The zero-order chi connectivity index (χ0) is 14.1. The molecule has 0 aliphatic carbocycles. The Morgan fingerprint density at radius 2 is 1.05 bits per heavy atom. The molecule has 0 aromatic heterocycles. The number of hydrogen-bond donors (Lipinski definition) is 2. The molecule has 2 heterocycles. The number of nitrogens with one attached hydrogen (secondary N) is 2. The molecule has 2 N–H and O–H groups in total. The van der Waals surface area contributed by atoms with Crippen LogP contribution in [0.25, 0.3) is 0 Å². The minimum atomic E-state index is 0.506. The van der Waals surface area contributed by atoms with Gasteiger partial charge in [0.05, 0.1) is 0 Å². The fourth-order valence-electron chi connectivity index (χ4n) is 4.05. The van der Waals surface area contributed by atoms with Gasteiger partial charge < -0.3 is 10.6 Å². The minimum Gasteiger partial charge on any atom is -0.309 e. The maximum absolute atomic E-state index is 3.80. The minimum absolute atomic E-state index is 0.506. The van der Waals surface area contributed by atoms with Crippen LogP contribution in [0, 0.1) is 11.8 Å². The molecule has 21 heavy (non-hydrogen) atoms.